The van der Waals surface area contributed by atoms with Gasteiger partial charge in [-0.05, 0) is 12.1 Å². The number of hydrogen-bond acceptors (Lipinski definition) is 1. The second-order valence-corrected chi connectivity index (χ2v) is 2.06. The lowest BCUT2D eigenvalue weighted by Gasteiger charge is -1.99. The second-order valence-electron chi connectivity index (χ2n) is 2.06. The lowest BCUT2D eigenvalue weighted by molar-refractivity contribution is -0.120. The molecule has 3 heteroatoms. The molecular formula is C8H8NO2. The first-order valence-corrected chi connectivity index (χ1v) is 3.26. The van der Waals surface area contributed by atoms with E-state index in [0.29, 0.717) is 5.69 Å². The quantitative estimate of drug-likeness (QED) is 0.673. The van der Waals surface area contributed by atoms with Crippen LogP contribution in [-0.4, -0.2) is 12.5 Å². The van der Waals surface area contributed by atoms with Gasteiger partial charge in [0.05, 0.1) is 0 Å². The monoisotopic (exact) mass is 150 g/mol. The molecule has 1 aromatic rings. The largest absolute Gasteiger partial charge is 0.324 e. The predicted octanol–water partition coefficient (Wildman–Crippen LogP) is 1.06. The zero-order valence-corrected chi connectivity index (χ0v) is 5.91. The SMILES string of the molecule is [O]CC(=O)Nc1ccccc1. The van der Waals surface area contributed by atoms with E-state index >= 15 is 0 Å². The van der Waals surface area contributed by atoms with Gasteiger partial charge in [0.25, 0.3) is 5.91 Å². The van der Waals surface area contributed by atoms with Gasteiger partial charge in [-0.2, -0.15) is 0 Å². The van der Waals surface area contributed by atoms with Crippen molar-refractivity contribution in [2.24, 2.45) is 0 Å². The third-order valence-electron chi connectivity index (χ3n) is 1.19. The van der Waals surface area contributed by atoms with Gasteiger partial charge in [0, 0.05) is 5.69 Å². The molecule has 1 aromatic carbocycles. The molecule has 0 aliphatic carbocycles. The van der Waals surface area contributed by atoms with Crippen LogP contribution < -0.4 is 5.32 Å². The molecule has 0 fully saturated rings. The topological polar surface area (TPSA) is 49.0 Å². The van der Waals surface area contributed by atoms with E-state index in [1.807, 2.05) is 6.07 Å². The van der Waals surface area contributed by atoms with E-state index < -0.39 is 12.5 Å². The number of anilines is 1. The van der Waals surface area contributed by atoms with Crippen molar-refractivity contribution in [3.63, 3.8) is 0 Å². The van der Waals surface area contributed by atoms with Crippen LogP contribution in [-0.2, 0) is 9.90 Å². The molecule has 1 N–H and O–H groups in total. The Morgan fingerprint density at radius 2 is 1.91 bits per heavy atom. The Labute approximate surface area is 64.7 Å². The molecule has 1 rings (SSSR count). The highest BCUT2D eigenvalue weighted by molar-refractivity contribution is 5.91. The third-order valence-corrected chi connectivity index (χ3v) is 1.19. The molecule has 3 nitrogen and oxygen atoms in total. The third kappa shape index (κ3) is 2.39. The van der Waals surface area contributed by atoms with E-state index in [1.54, 1.807) is 24.3 Å². The van der Waals surface area contributed by atoms with Crippen LogP contribution in [0.1, 0.15) is 0 Å². The van der Waals surface area contributed by atoms with Crippen molar-refractivity contribution >= 4 is 11.6 Å². The van der Waals surface area contributed by atoms with Crippen LogP contribution in [0.2, 0.25) is 0 Å². The van der Waals surface area contributed by atoms with Gasteiger partial charge in [-0.15, -0.1) is 0 Å². The highest BCUT2D eigenvalue weighted by atomic mass is 16.3. The molecule has 11 heavy (non-hydrogen) atoms. The fourth-order valence-corrected chi connectivity index (χ4v) is 0.719. The number of nitrogens with one attached hydrogen (secondary N) is 1. The smallest absolute Gasteiger partial charge is 0.253 e. The van der Waals surface area contributed by atoms with Crippen LogP contribution in [0.3, 0.4) is 0 Å². The summed E-state index contributed by atoms with van der Waals surface area (Å²) in [6, 6.07) is 8.88. The molecule has 0 aliphatic rings. The number of rotatable bonds is 2. The molecule has 1 amide bonds. The summed E-state index contributed by atoms with van der Waals surface area (Å²) in [7, 11) is 0. The van der Waals surface area contributed by atoms with Gasteiger partial charge in [-0.25, -0.2) is 5.11 Å². The van der Waals surface area contributed by atoms with Crippen LogP contribution in [0, 0.1) is 0 Å². The highest BCUT2D eigenvalue weighted by Gasteiger charge is 1.97. The minimum atomic E-state index is -0.727. The predicted molar refractivity (Wildman–Crippen MR) is 40.6 cm³/mol. The van der Waals surface area contributed by atoms with Crippen molar-refractivity contribution < 1.29 is 9.90 Å². The molecule has 0 saturated heterocycles. The fraction of sp³-hybridized carbons (Fsp3) is 0.125. The lowest BCUT2D eigenvalue weighted by atomic mass is 10.3. The maximum Gasteiger partial charge on any atom is 0.253 e. The molecule has 57 valence electrons. The summed E-state index contributed by atoms with van der Waals surface area (Å²) in [5, 5.41) is 12.5. The van der Waals surface area contributed by atoms with Crippen molar-refractivity contribution in [1.29, 1.82) is 0 Å². The Kier molecular flexibility index (Phi) is 2.63. The van der Waals surface area contributed by atoms with E-state index in [1.165, 1.54) is 0 Å². The van der Waals surface area contributed by atoms with Crippen molar-refractivity contribution in [2.75, 3.05) is 11.9 Å². The van der Waals surface area contributed by atoms with Gasteiger partial charge >= 0.3 is 0 Å². The number of para-hydroxylation sites is 1. The number of carbonyl (C=O) groups excluding carboxylic acids is 1. The van der Waals surface area contributed by atoms with Gasteiger partial charge in [0.15, 0.2) is 6.61 Å². The van der Waals surface area contributed by atoms with Gasteiger partial charge in [0.1, 0.15) is 0 Å². The van der Waals surface area contributed by atoms with Crippen molar-refractivity contribution in [3.05, 3.63) is 30.3 Å². The summed E-state index contributed by atoms with van der Waals surface area (Å²) < 4.78 is 0. The van der Waals surface area contributed by atoms with Gasteiger partial charge in [0.2, 0.25) is 0 Å². The number of amides is 1. The molecule has 0 heterocycles. The van der Waals surface area contributed by atoms with Crippen LogP contribution in [0.25, 0.3) is 0 Å². The van der Waals surface area contributed by atoms with Crippen LogP contribution >= 0.6 is 0 Å². The normalized spacial score (nSPS) is 9.18. The molecule has 0 saturated carbocycles. The zero-order valence-electron chi connectivity index (χ0n) is 5.91. The number of benzene rings is 1. The highest BCUT2D eigenvalue weighted by Crippen LogP contribution is 2.03. The first-order valence-electron chi connectivity index (χ1n) is 3.26. The first kappa shape index (κ1) is 7.75. The Balaban J connectivity index is 2.58. The van der Waals surface area contributed by atoms with E-state index in [9.17, 15) is 9.90 Å². The number of carbonyl (C=O) groups is 1. The maximum atomic E-state index is 10.6. The number of hydrogen-bond donors (Lipinski definition) is 1. The minimum Gasteiger partial charge on any atom is -0.324 e. The first-order chi connectivity index (χ1) is 5.33. The van der Waals surface area contributed by atoms with Crippen molar-refractivity contribution in [3.8, 4) is 0 Å². The molecule has 0 unspecified atom stereocenters. The Morgan fingerprint density at radius 3 is 2.45 bits per heavy atom. The summed E-state index contributed by atoms with van der Waals surface area (Å²) in [6.45, 7) is -0.727. The van der Waals surface area contributed by atoms with E-state index in [2.05, 4.69) is 5.32 Å². The molecule has 0 bridgehead atoms. The molecular weight excluding hydrogens is 142 g/mol. The maximum absolute atomic E-state index is 10.6. The van der Waals surface area contributed by atoms with Crippen molar-refractivity contribution in [2.45, 2.75) is 0 Å². The van der Waals surface area contributed by atoms with Crippen LogP contribution in [0.5, 0.6) is 0 Å². The second kappa shape index (κ2) is 3.73. The average Bonchev–Trinajstić information content (AvgIpc) is 2.06. The molecule has 0 spiro atoms. The Morgan fingerprint density at radius 1 is 1.27 bits per heavy atom. The standard InChI is InChI=1S/C8H8NO2/c10-6-8(11)9-7-4-2-1-3-5-7/h1-5H,6H2,(H,9,11). The lowest BCUT2D eigenvalue weighted by Crippen LogP contribution is -2.14. The Hall–Kier alpha value is -1.35. The zero-order chi connectivity index (χ0) is 8.10. The molecule has 0 atom stereocenters. The summed E-state index contributed by atoms with van der Waals surface area (Å²) >= 11 is 0. The molecule has 0 aliphatic heterocycles. The summed E-state index contributed by atoms with van der Waals surface area (Å²) in [4.78, 5) is 10.6. The van der Waals surface area contributed by atoms with Gasteiger partial charge in [-0.1, -0.05) is 18.2 Å². The van der Waals surface area contributed by atoms with Crippen molar-refractivity contribution in [1.82, 2.24) is 0 Å². The summed E-state index contributed by atoms with van der Waals surface area (Å²) in [6.07, 6.45) is 0. The molecule has 0 aromatic heterocycles. The van der Waals surface area contributed by atoms with Gasteiger partial charge < -0.3 is 5.32 Å². The fourth-order valence-electron chi connectivity index (χ4n) is 0.719. The summed E-state index contributed by atoms with van der Waals surface area (Å²) in [5.74, 6) is -0.504. The van der Waals surface area contributed by atoms with E-state index in [-0.39, 0.29) is 0 Å². The molecule has 1 radical (unpaired) electrons. The van der Waals surface area contributed by atoms with Crippen LogP contribution in [0.4, 0.5) is 5.69 Å². The van der Waals surface area contributed by atoms with E-state index in [0.717, 1.165) is 0 Å². The van der Waals surface area contributed by atoms with E-state index in [4.69, 9.17) is 0 Å². The summed E-state index contributed by atoms with van der Waals surface area (Å²) in [5.41, 5.74) is 0.661. The minimum absolute atomic E-state index is 0.504. The van der Waals surface area contributed by atoms with Gasteiger partial charge in [-0.3, -0.25) is 4.79 Å². The Bertz CT molecular complexity index is 233. The average molecular weight is 150 g/mol. The van der Waals surface area contributed by atoms with Crippen LogP contribution in [0.15, 0.2) is 30.3 Å².